The predicted octanol–water partition coefficient (Wildman–Crippen LogP) is 0.143. The van der Waals surface area contributed by atoms with Gasteiger partial charge in [-0.25, -0.2) is 8.42 Å². The molecule has 0 saturated carbocycles. The summed E-state index contributed by atoms with van der Waals surface area (Å²) < 4.78 is 27.6. The van der Waals surface area contributed by atoms with E-state index in [2.05, 4.69) is 0 Å². The Morgan fingerprint density at radius 2 is 2.00 bits per heavy atom. The van der Waals surface area contributed by atoms with Crippen LogP contribution in [0.15, 0.2) is 24.3 Å². The molecule has 2 unspecified atom stereocenters. The average molecular weight is 273 g/mol. The van der Waals surface area contributed by atoms with E-state index < -0.39 is 21.9 Å². The molecule has 0 heterocycles. The monoisotopic (exact) mass is 273 g/mol. The van der Waals surface area contributed by atoms with Gasteiger partial charge in [0.2, 0.25) is 0 Å². The molecule has 0 radical (unpaired) electrons. The van der Waals surface area contributed by atoms with E-state index in [1.54, 1.807) is 24.3 Å². The van der Waals surface area contributed by atoms with E-state index in [1.807, 2.05) is 0 Å². The van der Waals surface area contributed by atoms with Gasteiger partial charge in [0.05, 0.1) is 19.0 Å². The second kappa shape index (κ2) is 6.17. The van der Waals surface area contributed by atoms with E-state index in [0.29, 0.717) is 5.75 Å². The van der Waals surface area contributed by atoms with Gasteiger partial charge in [0.1, 0.15) is 15.6 Å². The number of benzene rings is 1. The summed E-state index contributed by atoms with van der Waals surface area (Å²) in [6, 6.07) is 7.14. The molecule has 18 heavy (non-hydrogen) atoms. The molecule has 2 atom stereocenters. The minimum Gasteiger partial charge on any atom is -0.496 e. The zero-order valence-electron chi connectivity index (χ0n) is 10.5. The Morgan fingerprint density at radius 3 is 2.50 bits per heavy atom. The van der Waals surface area contributed by atoms with Crippen LogP contribution in [-0.2, 0) is 9.84 Å². The Morgan fingerprint density at radius 1 is 1.39 bits per heavy atom. The molecule has 0 aliphatic carbocycles. The SMILES string of the molecule is COc1ccccc1C(CN)C(O)CS(C)(=O)=O. The van der Waals surface area contributed by atoms with Crippen molar-refractivity contribution in [1.29, 1.82) is 0 Å². The number of methoxy groups -OCH3 is 1. The largest absolute Gasteiger partial charge is 0.496 e. The molecule has 1 aromatic rings. The van der Waals surface area contributed by atoms with E-state index in [1.165, 1.54) is 7.11 Å². The van der Waals surface area contributed by atoms with E-state index >= 15 is 0 Å². The summed E-state index contributed by atoms with van der Waals surface area (Å²) in [7, 11) is -1.73. The zero-order valence-corrected chi connectivity index (χ0v) is 11.4. The number of hydrogen-bond acceptors (Lipinski definition) is 5. The van der Waals surface area contributed by atoms with Crippen molar-refractivity contribution in [2.75, 3.05) is 25.7 Å². The van der Waals surface area contributed by atoms with Crippen LogP contribution in [0.4, 0.5) is 0 Å². The first-order chi connectivity index (χ1) is 8.39. The Hall–Kier alpha value is -1.11. The van der Waals surface area contributed by atoms with E-state index in [4.69, 9.17) is 10.5 Å². The Labute approximate surface area is 107 Å². The predicted molar refractivity (Wildman–Crippen MR) is 70.5 cm³/mol. The second-order valence-corrected chi connectivity index (χ2v) is 6.43. The highest BCUT2D eigenvalue weighted by atomic mass is 32.2. The quantitative estimate of drug-likeness (QED) is 0.769. The lowest BCUT2D eigenvalue weighted by Crippen LogP contribution is -2.32. The third-order valence-corrected chi connectivity index (χ3v) is 3.68. The Kier molecular flexibility index (Phi) is 5.13. The molecule has 1 rings (SSSR count). The molecular formula is C12H19NO4S. The summed E-state index contributed by atoms with van der Waals surface area (Å²) in [5.74, 6) is -0.177. The number of nitrogens with two attached hydrogens (primary N) is 1. The third-order valence-electron chi connectivity index (χ3n) is 2.73. The van der Waals surface area contributed by atoms with Crippen molar-refractivity contribution in [1.82, 2.24) is 0 Å². The molecule has 0 aromatic heterocycles. The minimum atomic E-state index is -3.25. The molecule has 0 saturated heterocycles. The lowest BCUT2D eigenvalue weighted by Gasteiger charge is -2.23. The first-order valence-corrected chi connectivity index (χ1v) is 7.64. The molecule has 102 valence electrons. The van der Waals surface area contributed by atoms with Gasteiger partial charge in [-0.2, -0.15) is 0 Å². The van der Waals surface area contributed by atoms with Crippen LogP contribution < -0.4 is 10.5 Å². The molecular weight excluding hydrogens is 254 g/mol. The van der Waals surface area contributed by atoms with Gasteiger partial charge in [-0.1, -0.05) is 18.2 Å². The molecule has 1 aromatic carbocycles. The Bertz CT molecular complexity index is 487. The summed E-state index contributed by atoms with van der Waals surface area (Å²) in [5.41, 5.74) is 6.36. The van der Waals surface area contributed by atoms with Crippen LogP contribution in [0, 0.1) is 0 Å². The molecule has 3 N–H and O–H groups in total. The van der Waals surface area contributed by atoms with Crippen molar-refractivity contribution in [2.45, 2.75) is 12.0 Å². The number of para-hydroxylation sites is 1. The topological polar surface area (TPSA) is 89.6 Å². The number of ether oxygens (including phenoxy) is 1. The lowest BCUT2D eigenvalue weighted by molar-refractivity contribution is 0.165. The molecule has 0 spiro atoms. The van der Waals surface area contributed by atoms with Crippen LogP contribution in [0.2, 0.25) is 0 Å². The molecule has 5 nitrogen and oxygen atoms in total. The number of sulfone groups is 1. The Balaban J connectivity index is 3.02. The van der Waals surface area contributed by atoms with E-state index in [-0.39, 0.29) is 12.3 Å². The van der Waals surface area contributed by atoms with Crippen molar-refractivity contribution in [2.24, 2.45) is 5.73 Å². The summed E-state index contributed by atoms with van der Waals surface area (Å²) in [6.07, 6.45) is 0.0488. The molecule has 0 fully saturated rings. The minimum absolute atomic E-state index is 0.150. The van der Waals surface area contributed by atoms with Gasteiger partial charge >= 0.3 is 0 Å². The molecule has 0 amide bonds. The van der Waals surface area contributed by atoms with Gasteiger partial charge in [0, 0.05) is 24.3 Å². The summed E-state index contributed by atoms with van der Waals surface area (Å²) >= 11 is 0. The van der Waals surface area contributed by atoms with Gasteiger partial charge < -0.3 is 15.6 Å². The van der Waals surface area contributed by atoms with Crippen LogP contribution in [-0.4, -0.2) is 45.3 Å². The normalized spacial score (nSPS) is 15.1. The van der Waals surface area contributed by atoms with E-state index in [9.17, 15) is 13.5 Å². The van der Waals surface area contributed by atoms with E-state index in [0.717, 1.165) is 11.8 Å². The maximum atomic E-state index is 11.2. The van der Waals surface area contributed by atoms with Crippen molar-refractivity contribution in [3.05, 3.63) is 29.8 Å². The van der Waals surface area contributed by atoms with Crippen LogP contribution in [0.1, 0.15) is 11.5 Å². The maximum absolute atomic E-state index is 11.2. The zero-order chi connectivity index (χ0) is 13.8. The van der Waals surface area contributed by atoms with Gasteiger partial charge in [-0.05, 0) is 6.07 Å². The van der Waals surface area contributed by atoms with Crippen molar-refractivity contribution in [3.8, 4) is 5.75 Å². The number of hydrogen-bond donors (Lipinski definition) is 2. The standard InChI is InChI=1S/C12H19NO4S/c1-17-12-6-4-3-5-9(12)10(7-13)11(14)8-18(2,15)16/h3-6,10-11,14H,7-8,13H2,1-2H3. The highest BCUT2D eigenvalue weighted by Crippen LogP contribution is 2.28. The van der Waals surface area contributed by atoms with Gasteiger partial charge in [0.15, 0.2) is 0 Å². The van der Waals surface area contributed by atoms with Crippen LogP contribution in [0.25, 0.3) is 0 Å². The molecule has 6 heteroatoms. The highest BCUT2D eigenvalue weighted by molar-refractivity contribution is 7.90. The van der Waals surface area contributed by atoms with Crippen LogP contribution in [0.5, 0.6) is 5.75 Å². The van der Waals surface area contributed by atoms with Crippen LogP contribution >= 0.6 is 0 Å². The van der Waals surface area contributed by atoms with Crippen molar-refractivity contribution < 1.29 is 18.3 Å². The number of aliphatic hydroxyl groups is 1. The number of aliphatic hydroxyl groups excluding tert-OH is 1. The first kappa shape index (κ1) is 14.9. The van der Waals surface area contributed by atoms with Crippen molar-refractivity contribution >= 4 is 9.84 Å². The lowest BCUT2D eigenvalue weighted by atomic mass is 9.93. The fraction of sp³-hybridized carbons (Fsp3) is 0.500. The summed E-state index contributed by atoms with van der Waals surface area (Å²) in [4.78, 5) is 0. The van der Waals surface area contributed by atoms with Gasteiger partial charge in [0.25, 0.3) is 0 Å². The average Bonchev–Trinajstić information content (AvgIpc) is 2.28. The molecule has 0 aliphatic heterocycles. The first-order valence-electron chi connectivity index (χ1n) is 5.57. The smallest absolute Gasteiger partial charge is 0.150 e. The van der Waals surface area contributed by atoms with Gasteiger partial charge in [-0.15, -0.1) is 0 Å². The maximum Gasteiger partial charge on any atom is 0.150 e. The molecule has 0 bridgehead atoms. The van der Waals surface area contributed by atoms with Gasteiger partial charge in [-0.3, -0.25) is 0 Å². The highest BCUT2D eigenvalue weighted by Gasteiger charge is 2.25. The summed E-state index contributed by atoms with van der Waals surface area (Å²) in [6.45, 7) is 0.150. The number of rotatable bonds is 6. The van der Waals surface area contributed by atoms with Crippen LogP contribution in [0.3, 0.4) is 0 Å². The fourth-order valence-electron chi connectivity index (χ4n) is 1.89. The third kappa shape index (κ3) is 3.97. The summed E-state index contributed by atoms with van der Waals surface area (Å²) in [5, 5.41) is 10.0. The molecule has 0 aliphatic rings. The second-order valence-electron chi connectivity index (χ2n) is 4.24. The fourth-order valence-corrected chi connectivity index (χ4v) is 2.74. The van der Waals surface area contributed by atoms with Crippen molar-refractivity contribution in [3.63, 3.8) is 0 Å².